The van der Waals surface area contributed by atoms with Crippen LogP contribution in [0.5, 0.6) is 0 Å². The molecule has 2 aromatic carbocycles. The number of hydrogen-bond donors (Lipinski definition) is 1. The normalized spacial score (nSPS) is 13.3. The van der Waals surface area contributed by atoms with Crippen molar-refractivity contribution in [2.45, 2.75) is 19.1 Å². The van der Waals surface area contributed by atoms with Gasteiger partial charge in [-0.1, -0.05) is 42.0 Å². The van der Waals surface area contributed by atoms with E-state index in [2.05, 4.69) is 0 Å². The van der Waals surface area contributed by atoms with Crippen LogP contribution in [0.4, 0.5) is 13.2 Å². The first-order valence-electron chi connectivity index (χ1n) is 5.87. The van der Waals surface area contributed by atoms with Gasteiger partial charge in [0.25, 0.3) is 0 Å². The smallest absolute Gasteiger partial charge is 0.320 e. The average Bonchev–Trinajstić information content (AvgIpc) is 2.38. The van der Waals surface area contributed by atoms with Crippen LogP contribution in [0.3, 0.4) is 0 Å². The van der Waals surface area contributed by atoms with Gasteiger partial charge in [0, 0.05) is 0 Å². The van der Waals surface area contributed by atoms with Gasteiger partial charge < -0.3 is 5.73 Å². The Morgan fingerprint density at radius 2 is 1.58 bits per heavy atom. The zero-order valence-electron chi connectivity index (χ0n) is 10.4. The summed E-state index contributed by atoms with van der Waals surface area (Å²) in [6, 6.07) is 12.0. The first kappa shape index (κ1) is 13.6. The highest BCUT2D eigenvalue weighted by Crippen LogP contribution is 2.31. The van der Waals surface area contributed by atoms with Crippen LogP contribution in [-0.4, -0.2) is 0 Å². The molecule has 0 aliphatic heterocycles. The minimum atomic E-state index is -4.34. The van der Waals surface area contributed by atoms with Crippen LogP contribution in [0.2, 0.25) is 0 Å². The third-order valence-electron chi connectivity index (χ3n) is 3.01. The van der Waals surface area contributed by atoms with Gasteiger partial charge in [-0.3, -0.25) is 0 Å². The SMILES string of the molecule is Cc1ccc([C@@H](N)c2cccc(C(F)(F)F)c2)cc1. The molecule has 4 heteroatoms. The zero-order chi connectivity index (χ0) is 14.0. The summed E-state index contributed by atoms with van der Waals surface area (Å²) in [7, 11) is 0. The fraction of sp³-hybridized carbons (Fsp3) is 0.200. The highest BCUT2D eigenvalue weighted by atomic mass is 19.4. The van der Waals surface area contributed by atoms with E-state index in [4.69, 9.17) is 5.73 Å². The van der Waals surface area contributed by atoms with Crippen LogP contribution in [0, 0.1) is 6.92 Å². The minimum Gasteiger partial charge on any atom is -0.320 e. The molecule has 2 N–H and O–H groups in total. The lowest BCUT2D eigenvalue weighted by molar-refractivity contribution is -0.137. The van der Waals surface area contributed by atoms with Gasteiger partial charge in [0.1, 0.15) is 0 Å². The van der Waals surface area contributed by atoms with E-state index in [1.54, 1.807) is 6.07 Å². The highest BCUT2D eigenvalue weighted by Gasteiger charge is 2.30. The summed E-state index contributed by atoms with van der Waals surface area (Å²) < 4.78 is 37.9. The largest absolute Gasteiger partial charge is 0.416 e. The van der Waals surface area contributed by atoms with E-state index in [0.29, 0.717) is 5.56 Å². The van der Waals surface area contributed by atoms with Crippen LogP contribution in [0.15, 0.2) is 48.5 Å². The quantitative estimate of drug-likeness (QED) is 0.870. The first-order valence-corrected chi connectivity index (χ1v) is 5.87. The van der Waals surface area contributed by atoms with E-state index in [0.717, 1.165) is 23.3 Å². The van der Waals surface area contributed by atoms with E-state index in [9.17, 15) is 13.2 Å². The summed E-state index contributed by atoms with van der Waals surface area (Å²) in [5, 5.41) is 0. The second-order valence-electron chi connectivity index (χ2n) is 4.51. The van der Waals surface area contributed by atoms with Gasteiger partial charge in [0.05, 0.1) is 11.6 Å². The van der Waals surface area contributed by atoms with Gasteiger partial charge in [-0.15, -0.1) is 0 Å². The standard InChI is InChI=1S/C15H14F3N/c1-10-5-7-11(8-6-10)14(19)12-3-2-4-13(9-12)15(16,17)18/h2-9,14H,19H2,1H3/t14-/m1/s1. The van der Waals surface area contributed by atoms with Crippen molar-refractivity contribution in [2.75, 3.05) is 0 Å². The van der Waals surface area contributed by atoms with E-state index < -0.39 is 17.8 Å². The summed E-state index contributed by atoms with van der Waals surface area (Å²) >= 11 is 0. The van der Waals surface area contributed by atoms with Crippen LogP contribution >= 0.6 is 0 Å². The molecule has 0 saturated carbocycles. The Morgan fingerprint density at radius 3 is 2.16 bits per heavy atom. The van der Waals surface area contributed by atoms with E-state index in [1.165, 1.54) is 6.07 Å². The Labute approximate surface area is 109 Å². The zero-order valence-corrected chi connectivity index (χ0v) is 10.4. The maximum atomic E-state index is 12.6. The van der Waals surface area contributed by atoms with Gasteiger partial charge in [0.2, 0.25) is 0 Å². The molecule has 0 unspecified atom stereocenters. The molecule has 19 heavy (non-hydrogen) atoms. The molecule has 0 amide bonds. The molecule has 2 aromatic rings. The molecule has 0 aromatic heterocycles. The van der Waals surface area contributed by atoms with Gasteiger partial charge in [-0.2, -0.15) is 13.2 Å². The Kier molecular flexibility index (Phi) is 3.62. The Morgan fingerprint density at radius 1 is 0.947 bits per heavy atom. The van der Waals surface area contributed by atoms with Crippen molar-refractivity contribution >= 4 is 0 Å². The summed E-state index contributed by atoms with van der Waals surface area (Å²) in [6.45, 7) is 1.94. The summed E-state index contributed by atoms with van der Waals surface area (Å²) in [5.41, 5.74) is 7.67. The Hall–Kier alpha value is -1.81. The summed E-state index contributed by atoms with van der Waals surface area (Å²) in [5.74, 6) is 0. The maximum Gasteiger partial charge on any atom is 0.416 e. The van der Waals surface area contributed by atoms with Crippen molar-refractivity contribution in [1.29, 1.82) is 0 Å². The predicted octanol–water partition coefficient (Wildman–Crippen LogP) is 4.06. The fourth-order valence-corrected chi connectivity index (χ4v) is 1.87. The molecule has 0 aliphatic rings. The number of alkyl halides is 3. The molecule has 0 bridgehead atoms. The van der Waals surface area contributed by atoms with E-state index >= 15 is 0 Å². The van der Waals surface area contributed by atoms with Gasteiger partial charge in [0.15, 0.2) is 0 Å². The Bertz CT molecular complexity index is 558. The molecule has 2 rings (SSSR count). The molecular formula is C15H14F3N. The van der Waals surface area contributed by atoms with Gasteiger partial charge >= 0.3 is 6.18 Å². The number of benzene rings is 2. The number of rotatable bonds is 2. The molecule has 0 radical (unpaired) electrons. The number of halogens is 3. The van der Waals surface area contributed by atoms with Crippen molar-refractivity contribution in [3.63, 3.8) is 0 Å². The second kappa shape index (κ2) is 5.05. The molecule has 0 fully saturated rings. The van der Waals surface area contributed by atoms with Crippen LogP contribution in [0.25, 0.3) is 0 Å². The van der Waals surface area contributed by atoms with Crippen molar-refractivity contribution in [3.05, 3.63) is 70.8 Å². The third-order valence-corrected chi connectivity index (χ3v) is 3.01. The summed E-state index contributed by atoms with van der Waals surface area (Å²) in [4.78, 5) is 0. The molecule has 0 saturated heterocycles. The van der Waals surface area contributed by atoms with Crippen LogP contribution in [0.1, 0.15) is 28.3 Å². The Balaban J connectivity index is 2.34. The van der Waals surface area contributed by atoms with Crippen molar-refractivity contribution in [1.82, 2.24) is 0 Å². The molecular weight excluding hydrogens is 251 g/mol. The average molecular weight is 265 g/mol. The van der Waals surface area contributed by atoms with Crippen molar-refractivity contribution in [2.24, 2.45) is 5.73 Å². The first-order chi connectivity index (χ1) is 8.88. The lowest BCUT2D eigenvalue weighted by Crippen LogP contribution is -2.13. The molecule has 1 atom stereocenters. The van der Waals surface area contributed by atoms with Gasteiger partial charge in [-0.05, 0) is 30.2 Å². The predicted molar refractivity (Wildman–Crippen MR) is 68.7 cm³/mol. The molecule has 1 nitrogen and oxygen atoms in total. The molecule has 100 valence electrons. The van der Waals surface area contributed by atoms with Crippen molar-refractivity contribution in [3.8, 4) is 0 Å². The van der Waals surface area contributed by atoms with E-state index in [-0.39, 0.29) is 0 Å². The summed E-state index contributed by atoms with van der Waals surface area (Å²) in [6.07, 6.45) is -4.34. The number of aryl methyl sites for hydroxylation is 1. The number of nitrogens with two attached hydrogens (primary N) is 1. The topological polar surface area (TPSA) is 26.0 Å². The monoisotopic (exact) mass is 265 g/mol. The van der Waals surface area contributed by atoms with Crippen LogP contribution in [-0.2, 0) is 6.18 Å². The highest BCUT2D eigenvalue weighted by molar-refractivity contribution is 5.35. The lowest BCUT2D eigenvalue weighted by atomic mass is 9.97. The minimum absolute atomic E-state index is 0.457. The second-order valence-corrected chi connectivity index (χ2v) is 4.51. The third kappa shape index (κ3) is 3.15. The molecule has 0 heterocycles. The molecule has 0 aliphatic carbocycles. The lowest BCUT2D eigenvalue weighted by Gasteiger charge is -2.15. The van der Waals surface area contributed by atoms with Crippen molar-refractivity contribution < 1.29 is 13.2 Å². The van der Waals surface area contributed by atoms with Crippen LogP contribution < -0.4 is 5.73 Å². The maximum absolute atomic E-state index is 12.6. The number of hydrogen-bond acceptors (Lipinski definition) is 1. The molecule has 0 spiro atoms. The van der Waals surface area contributed by atoms with E-state index in [1.807, 2.05) is 31.2 Å². The fourth-order valence-electron chi connectivity index (χ4n) is 1.87. The van der Waals surface area contributed by atoms with Gasteiger partial charge in [-0.25, -0.2) is 0 Å².